The van der Waals surface area contributed by atoms with Gasteiger partial charge in [-0.1, -0.05) is 74.9 Å². The van der Waals surface area contributed by atoms with Crippen LogP contribution in [0.5, 0.6) is 0 Å². The van der Waals surface area contributed by atoms with Gasteiger partial charge in [0.2, 0.25) is 0 Å². The maximum atomic E-state index is 13.2. The molecule has 1 aliphatic rings. The normalized spacial score (nSPS) is 14.7. The molecular formula is C26H28N2O3. The molecule has 1 fully saturated rings. The number of carboxylic acid groups (broad SMARTS) is 1. The van der Waals surface area contributed by atoms with Crippen LogP contribution in [0.3, 0.4) is 0 Å². The highest BCUT2D eigenvalue weighted by atomic mass is 16.4. The van der Waals surface area contributed by atoms with Crippen LogP contribution in [0.2, 0.25) is 0 Å². The number of hydrogen-bond acceptors (Lipinski definition) is 2. The van der Waals surface area contributed by atoms with Gasteiger partial charge in [-0.3, -0.25) is 4.79 Å². The molecular weight excluding hydrogens is 388 g/mol. The summed E-state index contributed by atoms with van der Waals surface area (Å²) in [6, 6.07) is 18.3. The minimum Gasteiger partial charge on any atom is -0.478 e. The molecule has 3 aromatic rings. The monoisotopic (exact) mass is 416 g/mol. The van der Waals surface area contributed by atoms with Crippen LogP contribution >= 0.6 is 0 Å². The quantitative estimate of drug-likeness (QED) is 0.422. The van der Waals surface area contributed by atoms with Crippen LogP contribution in [0.4, 0.5) is 5.69 Å². The van der Waals surface area contributed by atoms with E-state index in [-0.39, 0.29) is 11.5 Å². The molecule has 0 saturated heterocycles. The third-order valence-electron chi connectivity index (χ3n) is 6.06. The van der Waals surface area contributed by atoms with Crippen molar-refractivity contribution in [1.82, 2.24) is 4.98 Å². The Kier molecular flexibility index (Phi) is 6.51. The average Bonchev–Trinajstić information content (AvgIpc) is 3.03. The molecule has 0 aliphatic heterocycles. The largest absolute Gasteiger partial charge is 0.478 e. The van der Waals surface area contributed by atoms with Gasteiger partial charge in [0.1, 0.15) is 0 Å². The summed E-state index contributed by atoms with van der Waals surface area (Å²) in [7, 11) is 0. The van der Waals surface area contributed by atoms with E-state index in [1.54, 1.807) is 12.1 Å². The predicted molar refractivity (Wildman–Crippen MR) is 122 cm³/mol. The van der Waals surface area contributed by atoms with E-state index in [0.717, 1.165) is 23.4 Å². The lowest BCUT2D eigenvalue weighted by Gasteiger charge is -2.14. The first-order valence-corrected chi connectivity index (χ1v) is 11.0. The number of carboxylic acids is 1. The number of aromatic carboxylic acids is 1. The first-order chi connectivity index (χ1) is 15.1. The predicted octanol–water partition coefficient (Wildman–Crippen LogP) is 6.15. The average molecular weight is 417 g/mol. The highest BCUT2D eigenvalue weighted by molar-refractivity contribution is 6.06. The summed E-state index contributed by atoms with van der Waals surface area (Å²) in [6.45, 7) is 0. The van der Waals surface area contributed by atoms with Gasteiger partial charge in [-0.15, -0.1) is 0 Å². The molecule has 1 aliphatic carbocycles. The molecule has 3 N–H and O–H groups in total. The standard InChI is InChI=1S/C26H28N2O3/c29-25(27-21-14-8-13-20(16-21)26(30)31)22-17-23(19-11-6-3-7-12-19)28-24(22)15-18-9-4-1-2-5-10-18/h3,6-8,11-14,16-18,28H,1-2,4-5,9-10,15H2,(H,27,29)(H,30,31). The van der Waals surface area contributed by atoms with Gasteiger partial charge in [0.25, 0.3) is 5.91 Å². The third kappa shape index (κ3) is 5.23. The number of anilines is 1. The maximum Gasteiger partial charge on any atom is 0.335 e. The molecule has 0 spiro atoms. The van der Waals surface area contributed by atoms with Crippen molar-refractivity contribution in [2.45, 2.75) is 44.9 Å². The second-order valence-electron chi connectivity index (χ2n) is 8.34. The zero-order valence-corrected chi connectivity index (χ0v) is 17.6. The van der Waals surface area contributed by atoms with Crippen molar-refractivity contribution in [3.05, 3.63) is 77.5 Å². The summed E-state index contributed by atoms with van der Waals surface area (Å²) in [6.07, 6.45) is 8.34. The first kappa shape index (κ1) is 20.9. The van der Waals surface area contributed by atoms with Gasteiger partial charge >= 0.3 is 5.97 Å². The fourth-order valence-corrected chi connectivity index (χ4v) is 4.42. The SMILES string of the molecule is O=C(O)c1cccc(NC(=O)c2cc(-c3ccccc3)[nH]c2CC2CCCCCC2)c1. The lowest BCUT2D eigenvalue weighted by Crippen LogP contribution is -2.15. The second kappa shape index (κ2) is 9.65. The number of aromatic amines is 1. The van der Waals surface area contributed by atoms with Crippen molar-refractivity contribution in [3.8, 4) is 11.3 Å². The van der Waals surface area contributed by atoms with Gasteiger partial charge in [0.15, 0.2) is 0 Å². The molecule has 0 radical (unpaired) electrons. The van der Waals surface area contributed by atoms with Crippen molar-refractivity contribution >= 4 is 17.6 Å². The maximum absolute atomic E-state index is 13.2. The molecule has 1 saturated carbocycles. The Balaban J connectivity index is 1.62. The number of hydrogen-bond donors (Lipinski definition) is 3. The van der Waals surface area contributed by atoms with Crippen LogP contribution in [0.1, 0.15) is 64.9 Å². The summed E-state index contributed by atoms with van der Waals surface area (Å²) in [4.78, 5) is 28.0. The lowest BCUT2D eigenvalue weighted by molar-refractivity contribution is 0.0696. The Bertz CT molecular complexity index is 1050. The van der Waals surface area contributed by atoms with E-state index in [2.05, 4.69) is 10.3 Å². The van der Waals surface area contributed by atoms with Gasteiger partial charge in [0, 0.05) is 17.1 Å². The van der Waals surface area contributed by atoms with E-state index < -0.39 is 5.97 Å². The summed E-state index contributed by atoms with van der Waals surface area (Å²) in [5, 5.41) is 12.1. The first-order valence-electron chi connectivity index (χ1n) is 11.0. The molecule has 0 atom stereocenters. The molecule has 0 unspecified atom stereocenters. The van der Waals surface area contributed by atoms with E-state index in [0.29, 0.717) is 17.2 Å². The highest BCUT2D eigenvalue weighted by Crippen LogP contribution is 2.30. The Morgan fingerprint density at radius 2 is 1.68 bits per heavy atom. The Morgan fingerprint density at radius 3 is 2.39 bits per heavy atom. The van der Waals surface area contributed by atoms with Gasteiger partial charge < -0.3 is 15.4 Å². The number of carbonyl (C=O) groups is 2. The van der Waals surface area contributed by atoms with Crippen molar-refractivity contribution in [1.29, 1.82) is 0 Å². The fourth-order valence-electron chi connectivity index (χ4n) is 4.42. The van der Waals surface area contributed by atoms with E-state index in [9.17, 15) is 14.7 Å². The fraction of sp³-hybridized carbons (Fsp3) is 0.308. The number of nitrogens with one attached hydrogen (secondary N) is 2. The number of H-pyrrole nitrogens is 1. The van der Waals surface area contributed by atoms with E-state index >= 15 is 0 Å². The van der Waals surface area contributed by atoms with Gasteiger partial charge in [-0.2, -0.15) is 0 Å². The minimum absolute atomic E-state index is 0.149. The van der Waals surface area contributed by atoms with Gasteiger partial charge in [-0.25, -0.2) is 4.79 Å². The zero-order chi connectivity index (χ0) is 21.6. The molecule has 1 heterocycles. The van der Waals surface area contributed by atoms with E-state index in [4.69, 9.17) is 0 Å². The smallest absolute Gasteiger partial charge is 0.335 e. The van der Waals surface area contributed by atoms with Gasteiger partial charge in [-0.05, 0) is 42.2 Å². The summed E-state index contributed by atoms with van der Waals surface area (Å²) < 4.78 is 0. The molecule has 1 aromatic heterocycles. The van der Waals surface area contributed by atoms with Crippen molar-refractivity contribution in [2.75, 3.05) is 5.32 Å². The Labute approximate surface area is 182 Å². The molecule has 2 aromatic carbocycles. The lowest BCUT2D eigenvalue weighted by atomic mass is 9.93. The summed E-state index contributed by atoms with van der Waals surface area (Å²) in [5.74, 6) is -0.658. The van der Waals surface area contributed by atoms with Crippen molar-refractivity contribution in [3.63, 3.8) is 0 Å². The minimum atomic E-state index is -1.02. The Hall–Kier alpha value is -3.34. The number of aromatic nitrogens is 1. The number of rotatable bonds is 6. The number of carbonyl (C=O) groups excluding carboxylic acids is 1. The third-order valence-corrected chi connectivity index (χ3v) is 6.06. The number of benzene rings is 2. The molecule has 5 nitrogen and oxygen atoms in total. The Morgan fingerprint density at radius 1 is 0.935 bits per heavy atom. The molecule has 4 rings (SSSR count). The topological polar surface area (TPSA) is 82.2 Å². The van der Waals surface area contributed by atoms with Crippen LogP contribution in [-0.4, -0.2) is 22.0 Å². The van der Waals surface area contributed by atoms with E-state index in [1.807, 2.05) is 36.4 Å². The van der Waals surface area contributed by atoms with E-state index in [1.165, 1.54) is 50.7 Å². The number of amides is 1. The van der Waals surface area contributed by atoms with Crippen LogP contribution in [0.15, 0.2) is 60.7 Å². The van der Waals surface area contributed by atoms with Crippen LogP contribution in [0, 0.1) is 5.92 Å². The molecule has 1 amide bonds. The van der Waals surface area contributed by atoms with Crippen LogP contribution in [-0.2, 0) is 6.42 Å². The van der Waals surface area contributed by atoms with Crippen LogP contribution < -0.4 is 5.32 Å². The molecule has 160 valence electrons. The van der Waals surface area contributed by atoms with Crippen LogP contribution in [0.25, 0.3) is 11.3 Å². The summed E-state index contributed by atoms with van der Waals surface area (Å²) >= 11 is 0. The summed E-state index contributed by atoms with van der Waals surface area (Å²) in [5.41, 5.74) is 4.18. The van der Waals surface area contributed by atoms with Gasteiger partial charge in [0.05, 0.1) is 11.1 Å². The van der Waals surface area contributed by atoms with Crippen molar-refractivity contribution < 1.29 is 14.7 Å². The zero-order valence-electron chi connectivity index (χ0n) is 17.6. The molecule has 5 heteroatoms. The molecule has 0 bridgehead atoms. The second-order valence-corrected chi connectivity index (χ2v) is 8.34. The highest BCUT2D eigenvalue weighted by Gasteiger charge is 2.21. The van der Waals surface area contributed by atoms with Crippen molar-refractivity contribution in [2.24, 2.45) is 5.92 Å². The molecule has 31 heavy (non-hydrogen) atoms.